The molecule has 2 N–H and O–H groups in total. The second kappa shape index (κ2) is 18.8. The van der Waals surface area contributed by atoms with Gasteiger partial charge in [0.05, 0.1) is 11.8 Å². The van der Waals surface area contributed by atoms with Crippen molar-refractivity contribution in [2.45, 2.75) is 224 Å². The molecular formula is C48H72F6N2O2S2. The van der Waals surface area contributed by atoms with Gasteiger partial charge in [-0.1, -0.05) is 38.5 Å². The van der Waals surface area contributed by atoms with Gasteiger partial charge in [0.1, 0.15) is 11.6 Å². The minimum absolute atomic E-state index is 0.0164. The molecule has 9 aliphatic carbocycles. The Morgan fingerprint density at radius 3 is 1.15 bits per heavy atom. The highest BCUT2D eigenvalue weighted by Crippen LogP contribution is 2.57. The van der Waals surface area contributed by atoms with E-state index >= 15 is 9.59 Å². The van der Waals surface area contributed by atoms with Gasteiger partial charge in [0.2, 0.25) is 0 Å². The zero-order valence-electron chi connectivity index (χ0n) is 35.7. The largest absolute Gasteiger partial charge is 0.391 e. The fourth-order valence-corrected chi connectivity index (χ4v) is 18.9. The van der Waals surface area contributed by atoms with Gasteiger partial charge < -0.3 is 10.6 Å². The minimum Gasteiger partial charge on any atom is -0.310 e. The van der Waals surface area contributed by atoms with E-state index in [9.17, 15) is 26.3 Å². The molecule has 0 aromatic carbocycles. The van der Waals surface area contributed by atoms with Gasteiger partial charge in [0.25, 0.3) is 0 Å². The lowest BCUT2D eigenvalue weighted by molar-refractivity contribution is -0.190. The first-order valence-corrected chi connectivity index (χ1v) is 26.7. The number of rotatable bonds is 8. The first-order valence-electron chi connectivity index (χ1n) is 24.8. The van der Waals surface area contributed by atoms with Crippen molar-refractivity contribution in [3.8, 4) is 0 Å². The lowest BCUT2D eigenvalue weighted by Gasteiger charge is -2.55. The number of carbonyl (C=O) groups is 2. The van der Waals surface area contributed by atoms with Crippen molar-refractivity contribution in [3.05, 3.63) is 0 Å². The quantitative estimate of drug-likeness (QED) is 0.237. The fraction of sp³-hybridized carbons (Fsp3) is 0.958. The Morgan fingerprint density at radius 2 is 0.767 bits per heavy atom. The number of hydrogen-bond donors (Lipinski definition) is 2. The fourth-order valence-electron chi connectivity index (χ4n) is 15.1. The van der Waals surface area contributed by atoms with Gasteiger partial charge in [0.15, 0.2) is 0 Å². The zero-order chi connectivity index (χ0) is 41.8. The lowest BCUT2D eigenvalue weighted by Crippen LogP contribution is -2.67. The van der Waals surface area contributed by atoms with Crippen LogP contribution < -0.4 is 10.6 Å². The van der Waals surface area contributed by atoms with E-state index in [1.54, 1.807) is 0 Å². The molecule has 4 nitrogen and oxygen atoms in total. The molecule has 12 heteroatoms. The molecule has 0 aromatic rings. The van der Waals surface area contributed by atoms with Crippen LogP contribution in [0.5, 0.6) is 0 Å². The lowest BCUT2D eigenvalue weighted by atomic mass is 9.55. The van der Waals surface area contributed by atoms with Crippen LogP contribution in [0.4, 0.5) is 26.3 Å². The molecule has 0 bridgehead atoms. The summed E-state index contributed by atoms with van der Waals surface area (Å²) in [7, 11) is 0. The molecule has 0 heterocycles. The minimum atomic E-state index is -4.11. The molecule has 0 saturated heterocycles. The number of thioether (sulfide) groups is 2. The Bertz CT molecular complexity index is 1380. The first kappa shape index (κ1) is 44.7. The topological polar surface area (TPSA) is 58.2 Å². The van der Waals surface area contributed by atoms with Crippen molar-refractivity contribution in [1.82, 2.24) is 10.6 Å². The van der Waals surface area contributed by atoms with Crippen LogP contribution in [0.15, 0.2) is 0 Å². The summed E-state index contributed by atoms with van der Waals surface area (Å²) in [5.41, 5.74) is 0. The Morgan fingerprint density at radius 1 is 0.400 bits per heavy atom. The monoisotopic (exact) mass is 886 g/mol. The number of nitrogens with one attached hydrogen (secondary N) is 2. The molecule has 0 aromatic heterocycles. The molecule has 0 radical (unpaired) electrons. The number of halogens is 6. The molecule has 16 unspecified atom stereocenters. The second-order valence-corrected chi connectivity index (χ2v) is 24.7. The third-order valence-corrected chi connectivity index (χ3v) is 21.6. The van der Waals surface area contributed by atoms with Crippen molar-refractivity contribution in [2.24, 2.45) is 59.2 Å². The van der Waals surface area contributed by atoms with E-state index in [0.29, 0.717) is 58.8 Å². The maximum Gasteiger partial charge on any atom is 0.391 e. The third-order valence-electron chi connectivity index (χ3n) is 18.2. The number of hydrogen-bond acceptors (Lipinski definition) is 6. The molecule has 0 spiro atoms. The van der Waals surface area contributed by atoms with Crippen LogP contribution in [-0.2, 0) is 9.59 Å². The first-order chi connectivity index (χ1) is 28.8. The van der Waals surface area contributed by atoms with Crippen LogP contribution in [-0.4, -0.2) is 69.1 Å². The molecule has 0 aliphatic heterocycles. The van der Waals surface area contributed by atoms with Crippen molar-refractivity contribution in [1.29, 1.82) is 0 Å². The summed E-state index contributed by atoms with van der Waals surface area (Å²) in [4.78, 5) is 31.5. The SMILES string of the molecule is O=C1C2C(NC3CCCCC3)CCC(SC3CCC4CC(C(F)(F)F)CCC4C3)C2C(=O)C2C(NC3CCCCC3)CCC(SC3CCC4CC(C(F)(F)F)CCC4C3)C12. The summed E-state index contributed by atoms with van der Waals surface area (Å²) in [5.74, 6) is -2.19. The molecule has 0 amide bonds. The summed E-state index contributed by atoms with van der Waals surface area (Å²) in [6, 6.07) is 0.710. The second-order valence-electron chi connectivity index (χ2n) is 21.6. The average molecular weight is 887 g/mol. The van der Waals surface area contributed by atoms with Crippen LogP contribution in [0.1, 0.15) is 167 Å². The Balaban J connectivity index is 0.957. The summed E-state index contributed by atoms with van der Waals surface area (Å²) in [6.07, 6.45) is 14.6. The highest BCUT2D eigenvalue weighted by molar-refractivity contribution is 8.00. The van der Waals surface area contributed by atoms with Crippen LogP contribution in [0.2, 0.25) is 0 Å². The van der Waals surface area contributed by atoms with Crippen molar-refractivity contribution in [2.75, 3.05) is 0 Å². The van der Waals surface area contributed by atoms with Crippen LogP contribution in [0, 0.1) is 59.2 Å². The van der Waals surface area contributed by atoms with Crippen LogP contribution >= 0.6 is 23.5 Å². The van der Waals surface area contributed by atoms with Gasteiger partial charge in [-0.2, -0.15) is 49.9 Å². The van der Waals surface area contributed by atoms with E-state index < -0.39 is 24.2 Å². The number of ketones is 2. The molecule has 9 fully saturated rings. The Labute approximate surface area is 364 Å². The molecule has 9 saturated carbocycles. The third kappa shape index (κ3) is 9.72. The maximum atomic E-state index is 15.7. The van der Waals surface area contributed by atoms with Crippen molar-refractivity contribution in [3.63, 3.8) is 0 Å². The number of fused-ring (bicyclic) bond motifs is 4. The van der Waals surface area contributed by atoms with E-state index in [2.05, 4.69) is 10.6 Å². The van der Waals surface area contributed by atoms with E-state index in [-0.39, 0.29) is 83.8 Å². The summed E-state index contributed by atoms with van der Waals surface area (Å²) in [6.45, 7) is 0. The van der Waals surface area contributed by atoms with Crippen LogP contribution in [0.3, 0.4) is 0 Å². The number of Topliss-reactive ketones (excluding diaryl/α,β-unsaturated/α-hetero) is 2. The zero-order valence-corrected chi connectivity index (χ0v) is 37.3. The smallest absolute Gasteiger partial charge is 0.310 e. The van der Waals surface area contributed by atoms with E-state index in [1.165, 1.54) is 38.5 Å². The van der Waals surface area contributed by atoms with E-state index in [4.69, 9.17) is 0 Å². The van der Waals surface area contributed by atoms with Gasteiger partial charge >= 0.3 is 12.4 Å². The molecule has 16 atom stereocenters. The standard InChI is InChI=1S/C48H72F6N2O2S2/c49-47(50,51)31-15-11-29-25-35(17-13-27(29)23-31)59-39-21-19-37(55-33-7-3-1-4-8-33)41-43(39)46(58)42-38(56-34-9-5-2-6-10-34)20-22-40(44(42)45(41)57)60-36-18-14-28-24-32(48(52,53)54)16-12-30(28)26-36/h27-44,55-56H,1-26H2. The van der Waals surface area contributed by atoms with Crippen LogP contribution in [0.25, 0.3) is 0 Å². The molecule has 9 aliphatic rings. The predicted octanol–water partition coefficient (Wildman–Crippen LogP) is 12.3. The molecule has 60 heavy (non-hydrogen) atoms. The highest BCUT2D eigenvalue weighted by Gasteiger charge is 2.61. The Hall–Kier alpha value is -0.460. The van der Waals surface area contributed by atoms with Gasteiger partial charge in [-0.05, 0) is 152 Å². The Kier molecular flexibility index (Phi) is 14.0. The molecule has 9 rings (SSSR count). The van der Waals surface area contributed by atoms with Crippen molar-refractivity contribution >= 4 is 35.1 Å². The van der Waals surface area contributed by atoms with Crippen molar-refractivity contribution < 1.29 is 35.9 Å². The predicted molar refractivity (Wildman–Crippen MR) is 229 cm³/mol. The van der Waals surface area contributed by atoms with Gasteiger partial charge in [0, 0.05) is 68.8 Å². The normalized spacial score (nSPS) is 45.0. The molecular weight excluding hydrogens is 815 g/mol. The maximum absolute atomic E-state index is 15.7. The van der Waals surface area contributed by atoms with Gasteiger partial charge in [-0.25, -0.2) is 0 Å². The van der Waals surface area contributed by atoms with Gasteiger partial charge in [-0.15, -0.1) is 0 Å². The summed E-state index contributed by atoms with van der Waals surface area (Å²) < 4.78 is 82.3. The summed E-state index contributed by atoms with van der Waals surface area (Å²) in [5, 5.41) is 8.78. The summed E-state index contributed by atoms with van der Waals surface area (Å²) >= 11 is 3.88. The number of alkyl halides is 6. The average Bonchev–Trinajstić information content (AvgIpc) is 3.23. The van der Waals surface area contributed by atoms with E-state index in [1.807, 2.05) is 23.5 Å². The van der Waals surface area contributed by atoms with Gasteiger partial charge in [-0.3, -0.25) is 9.59 Å². The van der Waals surface area contributed by atoms with E-state index in [0.717, 1.165) is 89.9 Å². The molecule has 340 valence electrons. The number of carbonyl (C=O) groups excluding carboxylic acids is 2. The highest BCUT2D eigenvalue weighted by atomic mass is 32.2.